The molecule has 4 N–H and O–H groups in total. The minimum Gasteiger partial charge on any atom is -0.388 e. The fourth-order valence-corrected chi connectivity index (χ4v) is 2.43. The molecule has 0 aromatic carbocycles. The number of nitrogens with zero attached hydrogens (tertiary/aromatic N) is 1. The van der Waals surface area contributed by atoms with Crippen LogP contribution in [0.4, 0.5) is 0 Å². The molecule has 1 aliphatic rings. The first kappa shape index (κ1) is 12.1. The molecule has 0 spiro atoms. The van der Waals surface area contributed by atoms with E-state index in [2.05, 4.69) is 24.0 Å². The second-order valence-corrected chi connectivity index (χ2v) is 5.31. The zero-order chi connectivity index (χ0) is 12.4. The third-order valence-electron chi connectivity index (χ3n) is 3.64. The Bertz CT molecular complexity index is 402. The van der Waals surface area contributed by atoms with Crippen LogP contribution in [0.15, 0.2) is 0 Å². The van der Waals surface area contributed by atoms with Crippen molar-refractivity contribution in [3.8, 4) is 0 Å². The van der Waals surface area contributed by atoms with Gasteiger partial charge in [-0.3, -0.25) is 10.5 Å². The molecule has 0 saturated heterocycles. The van der Waals surface area contributed by atoms with Crippen molar-refractivity contribution in [2.75, 3.05) is 0 Å². The van der Waals surface area contributed by atoms with Gasteiger partial charge in [0.2, 0.25) is 0 Å². The maximum atomic E-state index is 7.36. The smallest absolute Gasteiger partial charge is 0.0908 e. The molecule has 4 nitrogen and oxygen atoms in total. The average Bonchev–Trinajstić information content (AvgIpc) is 2.56. The molecule has 2 rings (SSSR count). The summed E-state index contributed by atoms with van der Waals surface area (Å²) in [6, 6.07) is 0. The van der Waals surface area contributed by atoms with Gasteiger partial charge in [-0.2, -0.15) is 5.10 Å². The van der Waals surface area contributed by atoms with Crippen molar-refractivity contribution >= 4 is 5.84 Å². The van der Waals surface area contributed by atoms with E-state index in [1.807, 2.05) is 0 Å². The molecule has 1 saturated carbocycles. The van der Waals surface area contributed by atoms with Gasteiger partial charge in [0.1, 0.15) is 0 Å². The highest BCUT2D eigenvalue weighted by Gasteiger charge is 2.26. The van der Waals surface area contributed by atoms with Gasteiger partial charge in [-0.15, -0.1) is 0 Å². The fourth-order valence-electron chi connectivity index (χ4n) is 2.43. The second kappa shape index (κ2) is 4.90. The van der Waals surface area contributed by atoms with E-state index < -0.39 is 0 Å². The molecule has 0 bridgehead atoms. The molecule has 0 amide bonds. The summed E-state index contributed by atoms with van der Waals surface area (Å²) in [6.07, 6.45) is 5.36. The number of nitrogens with one attached hydrogen (secondary N) is 2. The van der Waals surface area contributed by atoms with Gasteiger partial charge in [0.05, 0.1) is 11.5 Å². The number of amidine groups is 1. The lowest BCUT2D eigenvalue weighted by atomic mass is 9.80. The topological polar surface area (TPSA) is 78.5 Å². The lowest BCUT2D eigenvalue weighted by Gasteiger charge is -2.25. The van der Waals surface area contributed by atoms with E-state index >= 15 is 0 Å². The number of H-pyrrole nitrogens is 1. The van der Waals surface area contributed by atoms with E-state index in [0.717, 1.165) is 12.1 Å². The van der Waals surface area contributed by atoms with Gasteiger partial charge in [0, 0.05) is 18.0 Å². The summed E-state index contributed by atoms with van der Waals surface area (Å²) in [5.74, 6) is 1.36. The van der Waals surface area contributed by atoms with Crippen molar-refractivity contribution in [1.82, 2.24) is 10.2 Å². The molecule has 1 fully saturated rings. The number of aromatic amines is 1. The minimum atomic E-state index is 0.264. The predicted octanol–water partition coefficient (Wildman–Crippen LogP) is 2.67. The van der Waals surface area contributed by atoms with Crippen molar-refractivity contribution in [3.63, 3.8) is 0 Å². The quantitative estimate of drug-likeness (QED) is 0.541. The average molecular weight is 234 g/mol. The minimum absolute atomic E-state index is 0.264. The summed E-state index contributed by atoms with van der Waals surface area (Å²) >= 11 is 0. The Labute approximate surface area is 102 Å². The van der Waals surface area contributed by atoms with Crippen molar-refractivity contribution in [2.45, 2.75) is 57.8 Å². The van der Waals surface area contributed by atoms with Gasteiger partial charge in [-0.25, -0.2) is 0 Å². The third-order valence-corrected chi connectivity index (χ3v) is 3.64. The molecular weight excluding hydrogens is 212 g/mol. The highest BCUT2D eigenvalue weighted by Crippen LogP contribution is 2.38. The van der Waals surface area contributed by atoms with E-state index in [9.17, 15) is 0 Å². The van der Waals surface area contributed by atoms with Crippen molar-refractivity contribution in [2.24, 2.45) is 5.73 Å². The summed E-state index contributed by atoms with van der Waals surface area (Å²) < 4.78 is 0. The first-order chi connectivity index (χ1) is 8.09. The number of hydrogen-bond donors (Lipinski definition) is 3. The van der Waals surface area contributed by atoms with Crippen LogP contribution in [0, 0.1) is 5.41 Å². The number of rotatable bonds is 5. The summed E-state index contributed by atoms with van der Waals surface area (Å²) in [6.45, 7) is 4.33. The molecule has 1 aliphatic carbocycles. The monoisotopic (exact) mass is 234 g/mol. The van der Waals surface area contributed by atoms with Crippen LogP contribution >= 0.6 is 0 Å². The third kappa shape index (κ3) is 2.51. The van der Waals surface area contributed by atoms with Crippen molar-refractivity contribution < 1.29 is 0 Å². The highest BCUT2D eigenvalue weighted by atomic mass is 15.1. The lowest BCUT2D eigenvalue weighted by Crippen LogP contribution is -2.14. The van der Waals surface area contributed by atoms with Gasteiger partial charge in [-0.05, 0) is 30.7 Å². The number of nitrogens with two attached hydrogens (primary N) is 1. The van der Waals surface area contributed by atoms with E-state index in [1.54, 1.807) is 0 Å². The standard InChI is InChI=1S/C13H22N4/c1-8(2)12-10(6-7-11(14)15)13(17-16-12)9-4-3-5-9/h8-9H,3-7H2,1-2H3,(H3,14,15)(H,16,17). The Morgan fingerprint density at radius 3 is 2.71 bits per heavy atom. The van der Waals surface area contributed by atoms with Crippen LogP contribution in [0.1, 0.15) is 68.3 Å². The van der Waals surface area contributed by atoms with Gasteiger partial charge in [-0.1, -0.05) is 20.3 Å². The molecule has 0 unspecified atom stereocenters. The van der Waals surface area contributed by atoms with Crippen LogP contribution in [0.2, 0.25) is 0 Å². The Morgan fingerprint density at radius 1 is 1.53 bits per heavy atom. The molecule has 1 heterocycles. The zero-order valence-corrected chi connectivity index (χ0v) is 10.7. The summed E-state index contributed by atoms with van der Waals surface area (Å²) in [5.41, 5.74) is 9.25. The molecular formula is C13H22N4. The SMILES string of the molecule is CC(C)c1n[nH]c(C2CCC2)c1CCC(=N)N. The second-order valence-electron chi connectivity index (χ2n) is 5.31. The summed E-state index contributed by atoms with van der Waals surface area (Å²) in [5, 5.41) is 15.0. The van der Waals surface area contributed by atoms with E-state index in [0.29, 0.717) is 18.3 Å². The van der Waals surface area contributed by atoms with Gasteiger partial charge in [0.15, 0.2) is 0 Å². The van der Waals surface area contributed by atoms with Crippen LogP contribution in [-0.4, -0.2) is 16.0 Å². The summed E-state index contributed by atoms with van der Waals surface area (Å²) in [7, 11) is 0. The van der Waals surface area contributed by atoms with E-state index in [1.165, 1.54) is 30.5 Å². The first-order valence-corrected chi connectivity index (χ1v) is 6.49. The Hall–Kier alpha value is -1.32. The number of aromatic nitrogens is 2. The first-order valence-electron chi connectivity index (χ1n) is 6.49. The number of hydrogen-bond acceptors (Lipinski definition) is 2. The Morgan fingerprint density at radius 2 is 2.24 bits per heavy atom. The molecule has 94 valence electrons. The lowest BCUT2D eigenvalue weighted by molar-refractivity contribution is 0.408. The molecule has 0 aliphatic heterocycles. The van der Waals surface area contributed by atoms with Crippen LogP contribution in [0.3, 0.4) is 0 Å². The van der Waals surface area contributed by atoms with Crippen LogP contribution in [-0.2, 0) is 6.42 Å². The van der Waals surface area contributed by atoms with Crippen molar-refractivity contribution in [1.29, 1.82) is 5.41 Å². The summed E-state index contributed by atoms with van der Waals surface area (Å²) in [4.78, 5) is 0. The predicted molar refractivity (Wildman–Crippen MR) is 69.5 cm³/mol. The molecule has 1 aromatic heterocycles. The largest absolute Gasteiger partial charge is 0.388 e. The zero-order valence-electron chi connectivity index (χ0n) is 10.7. The Balaban J connectivity index is 2.22. The van der Waals surface area contributed by atoms with Crippen LogP contribution in [0.25, 0.3) is 0 Å². The molecule has 1 aromatic rings. The van der Waals surface area contributed by atoms with Crippen molar-refractivity contribution in [3.05, 3.63) is 17.0 Å². The molecule has 4 heteroatoms. The Kier molecular flexibility index (Phi) is 3.50. The maximum Gasteiger partial charge on any atom is 0.0908 e. The van der Waals surface area contributed by atoms with Gasteiger partial charge < -0.3 is 5.73 Å². The van der Waals surface area contributed by atoms with Crippen LogP contribution in [0.5, 0.6) is 0 Å². The maximum absolute atomic E-state index is 7.36. The molecule has 17 heavy (non-hydrogen) atoms. The van der Waals surface area contributed by atoms with Crippen LogP contribution < -0.4 is 5.73 Å². The normalized spacial score (nSPS) is 16.2. The highest BCUT2D eigenvalue weighted by molar-refractivity contribution is 5.77. The molecule has 0 atom stereocenters. The fraction of sp³-hybridized carbons (Fsp3) is 0.692. The van der Waals surface area contributed by atoms with E-state index in [-0.39, 0.29) is 5.84 Å². The van der Waals surface area contributed by atoms with Gasteiger partial charge in [0.25, 0.3) is 0 Å². The molecule has 0 radical (unpaired) electrons. The van der Waals surface area contributed by atoms with Gasteiger partial charge >= 0.3 is 0 Å². The van der Waals surface area contributed by atoms with E-state index in [4.69, 9.17) is 11.1 Å².